The lowest BCUT2D eigenvalue weighted by atomic mass is 9.48. The first-order chi connectivity index (χ1) is 10.7. The van der Waals surface area contributed by atoms with Gasteiger partial charge in [-0.25, -0.2) is 0 Å². The fourth-order valence-electron chi connectivity index (χ4n) is 6.81. The van der Waals surface area contributed by atoms with Gasteiger partial charge < -0.3 is 4.74 Å². The molecule has 1 nitrogen and oxygen atoms in total. The van der Waals surface area contributed by atoms with Gasteiger partial charge in [-0.2, -0.15) is 0 Å². The zero-order chi connectivity index (χ0) is 14.9. The second-order valence-corrected chi connectivity index (χ2v) is 8.32. The molecule has 2 saturated carbocycles. The van der Waals surface area contributed by atoms with Crippen LogP contribution in [0.4, 0.5) is 0 Å². The van der Waals surface area contributed by atoms with E-state index in [0.29, 0.717) is 10.8 Å². The fourth-order valence-corrected chi connectivity index (χ4v) is 6.81. The third kappa shape index (κ3) is 1.37. The number of rotatable bonds is 1. The summed E-state index contributed by atoms with van der Waals surface area (Å²) >= 11 is 0. The van der Waals surface area contributed by atoms with Crippen molar-refractivity contribution in [3.63, 3.8) is 0 Å². The molecule has 0 amide bonds. The Labute approximate surface area is 133 Å². The Hall–Kier alpha value is -1.24. The Morgan fingerprint density at radius 2 is 2.05 bits per heavy atom. The maximum Gasteiger partial charge on any atom is 0.119 e. The Morgan fingerprint density at radius 1 is 1.14 bits per heavy atom. The number of allylic oxidation sites excluding steroid dienone is 2. The quantitative estimate of drug-likeness (QED) is 0.654. The van der Waals surface area contributed by atoms with Crippen LogP contribution >= 0.6 is 0 Å². The number of hydrogen-bond donors (Lipinski definition) is 0. The van der Waals surface area contributed by atoms with Gasteiger partial charge in [0.25, 0.3) is 0 Å². The first kappa shape index (κ1) is 13.2. The summed E-state index contributed by atoms with van der Waals surface area (Å²) in [4.78, 5) is 0. The zero-order valence-electron chi connectivity index (χ0n) is 13.8. The monoisotopic (exact) mass is 294 g/mol. The Balaban J connectivity index is 1.59. The van der Waals surface area contributed by atoms with Crippen LogP contribution in [0, 0.1) is 22.7 Å². The molecule has 0 unspecified atom stereocenters. The molecule has 0 N–H and O–H groups in total. The van der Waals surface area contributed by atoms with Crippen molar-refractivity contribution in [1.29, 1.82) is 0 Å². The Kier molecular flexibility index (Phi) is 2.52. The third-order valence-corrected chi connectivity index (χ3v) is 7.97. The van der Waals surface area contributed by atoms with E-state index in [4.69, 9.17) is 4.74 Å². The minimum Gasteiger partial charge on any atom is -0.497 e. The number of benzene rings is 1. The fraction of sp³-hybridized carbons (Fsp3) is 0.619. The zero-order valence-corrected chi connectivity index (χ0v) is 13.8. The average Bonchev–Trinajstić information content (AvgIpc) is 3.02. The smallest absolute Gasteiger partial charge is 0.119 e. The average molecular weight is 294 g/mol. The van der Waals surface area contributed by atoms with Gasteiger partial charge in [0, 0.05) is 0 Å². The van der Waals surface area contributed by atoms with Crippen LogP contribution in [0.3, 0.4) is 0 Å². The molecule has 0 heterocycles. The normalized spacial score (nSPS) is 44.4. The van der Waals surface area contributed by atoms with Crippen LogP contribution in [-0.4, -0.2) is 7.11 Å². The van der Waals surface area contributed by atoms with Gasteiger partial charge >= 0.3 is 0 Å². The molecule has 5 atom stereocenters. The minimum absolute atomic E-state index is 0.512. The van der Waals surface area contributed by atoms with Crippen molar-refractivity contribution in [3.05, 3.63) is 41.5 Å². The van der Waals surface area contributed by atoms with Gasteiger partial charge in [-0.3, -0.25) is 0 Å². The summed E-state index contributed by atoms with van der Waals surface area (Å²) in [6.45, 7) is 2.60. The van der Waals surface area contributed by atoms with Crippen LogP contribution in [0.5, 0.6) is 5.75 Å². The summed E-state index contributed by atoms with van der Waals surface area (Å²) in [5, 5.41) is 0. The van der Waals surface area contributed by atoms with E-state index in [1.54, 1.807) is 18.2 Å². The van der Waals surface area contributed by atoms with Gasteiger partial charge in [0.15, 0.2) is 0 Å². The topological polar surface area (TPSA) is 9.23 Å². The largest absolute Gasteiger partial charge is 0.497 e. The van der Waals surface area contributed by atoms with E-state index in [1.165, 1.54) is 38.5 Å². The molecule has 4 aliphatic rings. The van der Waals surface area contributed by atoms with Crippen LogP contribution in [0.1, 0.15) is 56.1 Å². The molecule has 1 aromatic carbocycles. The van der Waals surface area contributed by atoms with E-state index in [9.17, 15) is 0 Å². The molecule has 2 bridgehead atoms. The molecule has 0 saturated heterocycles. The standard InChI is InChI=1S/C21H26O/c1-20-10-9-18-17-5-4-16(22-2)13-14(17)3-6-19(18)21(20)11-7-15(20)8-12-21/h4-5,7,11,13,15,18-19H,3,6,8-10,12H2,1-2H3/t15-,18+,19+,20+,21-/m0/s1. The van der Waals surface area contributed by atoms with Crippen molar-refractivity contribution in [2.24, 2.45) is 22.7 Å². The lowest BCUT2D eigenvalue weighted by Crippen LogP contribution is -2.47. The minimum atomic E-state index is 0.512. The Bertz CT molecular complexity index is 660. The van der Waals surface area contributed by atoms with Crippen molar-refractivity contribution >= 4 is 0 Å². The van der Waals surface area contributed by atoms with E-state index in [2.05, 4.69) is 37.3 Å². The molecular formula is C21H26O. The van der Waals surface area contributed by atoms with Crippen molar-refractivity contribution in [1.82, 2.24) is 0 Å². The highest BCUT2D eigenvalue weighted by Crippen LogP contribution is 2.73. The number of aryl methyl sites for hydroxylation is 1. The summed E-state index contributed by atoms with van der Waals surface area (Å²) in [5.74, 6) is 3.54. The van der Waals surface area contributed by atoms with E-state index in [-0.39, 0.29) is 0 Å². The first-order valence-electron chi connectivity index (χ1n) is 9.04. The van der Waals surface area contributed by atoms with E-state index < -0.39 is 0 Å². The molecule has 0 aliphatic heterocycles. The second-order valence-electron chi connectivity index (χ2n) is 8.32. The highest BCUT2D eigenvalue weighted by Gasteiger charge is 2.64. The third-order valence-electron chi connectivity index (χ3n) is 7.97. The first-order valence-corrected chi connectivity index (χ1v) is 9.04. The van der Waals surface area contributed by atoms with Crippen molar-refractivity contribution < 1.29 is 4.74 Å². The summed E-state index contributed by atoms with van der Waals surface area (Å²) in [7, 11) is 1.78. The molecule has 4 aliphatic carbocycles. The molecule has 22 heavy (non-hydrogen) atoms. The van der Waals surface area contributed by atoms with Gasteiger partial charge in [0.1, 0.15) is 5.75 Å². The van der Waals surface area contributed by atoms with E-state index in [0.717, 1.165) is 23.5 Å². The number of hydrogen-bond acceptors (Lipinski definition) is 1. The number of methoxy groups -OCH3 is 1. The molecular weight excluding hydrogens is 268 g/mol. The predicted molar refractivity (Wildman–Crippen MR) is 89.2 cm³/mol. The van der Waals surface area contributed by atoms with Gasteiger partial charge in [-0.15, -0.1) is 0 Å². The van der Waals surface area contributed by atoms with Crippen molar-refractivity contribution in [3.8, 4) is 5.75 Å². The molecule has 1 heteroatoms. The highest BCUT2D eigenvalue weighted by atomic mass is 16.5. The molecule has 0 aromatic heterocycles. The van der Waals surface area contributed by atoms with Gasteiger partial charge in [0.05, 0.1) is 7.11 Å². The summed E-state index contributed by atoms with van der Waals surface area (Å²) in [5.41, 5.74) is 4.27. The highest BCUT2D eigenvalue weighted by molar-refractivity contribution is 5.42. The Morgan fingerprint density at radius 3 is 2.82 bits per heavy atom. The van der Waals surface area contributed by atoms with Crippen LogP contribution in [0.2, 0.25) is 0 Å². The number of fused-ring (bicyclic) bond motifs is 3. The summed E-state index contributed by atoms with van der Waals surface area (Å²) in [6.07, 6.45) is 13.5. The van der Waals surface area contributed by atoms with E-state index >= 15 is 0 Å². The summed E-state index contributed by atoms with van der Waals surface area (Å²) < 4.78 is 5.44. The lowest BCUT2D eigenvalue weighted by Gasteiger charge is -2.55. The maximum absolute atomic E-state index is 5.44. The lowest BCUT2D eigenvalue weighted by molar-refractivity contribution is -0.00858. The van der Waals surface area contributed by atoms with E-state index in [1.807, 2.05) is 0 Å². The van der Waals surface area contributed by atoms with Crippen LogP contribution in [0.25, 0.3) is 0 Å². The van der Waals surface area contributed by atoms with Gasteiger partial charge in [0.2, 0.25) is 0 Å². The van der Waals surface area contributed by atoms with Gasteiger partial charge in [-0.1, -0.05) is 25.1 Å². The van der Waals surface area contributed by atoms with Gasteiger partial charge in [-0.05, 0) is 90.4 Å². The molecule has 1 aromatic rings. The van der Waals surface area contributed by atoms with Crippen molar-refractivity contribution in [2.75, 3.05) is 7.11 Å². The molecule has 0 radical (unpaired) electrons. The summed E-state index contributed by atoms with van der Waals surface area (Å²) in [6, 6.07) is 6.84. The van der Waals surface area contributed by atoms with Crippen LogP contribution in [-0.2, 0) is 6.42 Å². The second kappa shape index (κ2) is 4.19. The molecule has 0 spiro atoms. The number of ether oxygens (including phenoxy) is 1. The van der Waals surface area contributed by atoms with Crippen LogP contribution in [0.15, 0.2) is 30.4 Å². The predicted octanol–water partition coefficient (Wildman–Crippen LogP) is 5.11. The molecule has 116 valence electrons. The maximum atomic E-state index is 5.44. The van der Waals surface area contributed by atoms with Crippen LogP contribution < -0.4 is 4.74 Å². The molecule has 2 fully saturated rings. The SMILES string of the molecule is COc1ccc2c(c1)CC[C@@H]1[C@@H]2CC[C@]2(C)[C@H]3C=C[C@]12CC3. The van der Waals surface area contributed by atoms with Crippen molar-refractivity contribution in [2.45, 2.75) is 51.4 Å². The molecule has 5 rings (SSSR count).